The highest BCUT2D eigenvalue weighted by Gasteiger charge is 2.17. The Morgan fingerprint density at radius 1 is 1.22 bits per heavy atom. The number of thiazole rings is 1. The smallest absolute Gasteiger partial charge is 0.269 e. The van der Waals surface area contributed by atoms with E-state index in [1.165, 1.54) is 11.3 Å². The third-order valence-electron chi connectivity index (χ3n) is 3.96. The molecule has 0 bridgehead atoms. The topological polar surface area (TPSA) is 74.1 Å². The Balaban J connectivity index is 1.75. The largest absolute Gasteiger partial charge is 0.497 e. The van der Waals surface area contributed by atoms with Crippen LogP contribution in [0.3, 0.4) is 0 Å². The van der Waals surface area contributed by atoms with Gasteiger partial charge in [0.15, 0.2) is 11.3 Å². The number of nitrogens with one attached hydrogen (secondary N) is 1. The van der Waals surface area contributed by atoms with Crippen molar-refractivity contribution in [3.63, 3.8) is 0 Å². The van der Waals surface area contributed by atoms with Crippen LogP contribution in [-0.4, -0.2) is 48.5 Å². The number of amides is 1. The highest BCUT2D eigenvalue weighted by Crippen LogP contribution is 2.25. The minimum absolute atomic E-state index is 0.190. The van der Waals surface area contributed by atoms with Crippen molar-refractivity contribution < 1.29 is 19.0 Å². The van der Waals surface area contributed by atoms with E-state index in [1.807, 2.05) is 44.3 Å². The standard InChI is InChI=1S/C19H23N3O4S/c1-4-25-17(26-5-2)10-20-18(23)16-12-27-19-21-15(11-22(16)19)13-6-8-14(24-3)9-7-13/h6-9,11-12,17H,4-5,10H2,1-3H3,(H,20,23). The highest BCUT2D eigenvalue weighted by atomic mass is 32.1. The zero-order valence-electron chi connectivity index (χ0n) is 15.6. The quantitative estimate of drug-likeness (QED) is 0.569. The lowest BCUT2D eigenvalue weighted by molar-refractivity contribution is -0.131. The number of ether oxygens (including phenoxy) is 3. The molecule has 0 aliphatic heterocycles. The van der Waals surface area contributed by atoms with E-state index < -0.39 is 6.29 Å². The van der Waals surface area contributed by atoms with Crippen LogP contribution in [0.2, 0.25) is 0 Å². The Bertz CT molecular complexity index is 882. The lowest BCUT2D eigenvalue weighted by atomic mass is 10.2. The maximum atomic E-state index is 12.6. The van der Waals surface area contributed by atoms with Gasteiger partial charge in [-0.05, 0) is 38.1 Å². The number of nitrogens with zero attached hydrogens (tertiary/aromatic N) is 2. The van der Waals surface area contributed by atoms with Crippen molar-refractivity contribution >= 4 is 22.2 Å². The summed E-state index contributed by atoms with van der Waals surface area (Å²) in [6.45, 7) is 5.12. The van der Waals surface area contributed by atoms with Gasteiger partial charge in [-0.15, -0.1) is 11.3 Å². The molecule has 27 heavy (non-hydrogen) atoms. The Labute approximate surface area is 161 Å². The van der Waals surface area contributed by atoms with Crippen molar-refractivity contribution in [1.82, 2.24) is 14.7 Å². The van der Waals surface area contributed by atoms with Crippen molar-refractivity contribution in [2.75, 3.05) is 26.9 Å². The molecule has 1 amide bonds. The number of hydrogen-bond acceptors (Lipinski definition) is 6. The fourth-order valence-electron chi connectivity index (χ4n) is 2.65. The van der Waals surface area contributed by atoms with Gasteiger partial charge in [0.2, 0.25) is 0 Å². The normalized spacial score (nSPS) is 11.3. The average molecular weight is 389 g/mol. The molecule has 1 N–H and O–H groups in total. The van der Waals surface area contributed by atoms with E-state index in [0.717, 1.165) is 22.0 Å². The highest BCUT2D eigenvalue weighted by molar-refractivity contribution is 7.15. The summed E-state index contributed by atoms with van der Waals surface area (Å²) >= 11 is 1.42. The zero-order chi connectivity index (χ0) is 19.2. The van der Waals surface area contributed by atoms with E-state index in [9.17, 15) is 4.79 Å². The van der Waals surface area contributed by atoms with Crippen molar-refractivity contribution in [3.8, 4) is 17.0 Å². The first-order chi connectivity index (χ1) is 13.2. The fraction of sp³-hybridized carbons (Fsp3) is 0.368. The minimum atomic E-state index is -0.448. The molecule has 0 atom stereocenters. The molecule has 2 heterocycles. The first-order valence-corrected chi connectivity index (χ1v) is 9.66. The summed E-state index contributed by atoms with van der Waals surface area (Å²) in [4.78, 5) is 17.9. The second-order valence-corrected chi connectivity index (χ2v) is 6.51. The van der Waals surface area contributed by atoms with Gasteiger partial charge in [-0.3, -0.25) is 9.20 Å². The molecule has 0 unspecified atom stereocenters. The second-order valence-electron chi connectivity index (χ2n) is 5.68. The first kappa shape index (κ1) is 19.3. The van der Waals surface area contributed by atoms with Crippen molar-refractivity contribution in [2.24, 2.45) is 0 Å². The number of methoxy groups -OCH3 is 1. The van der Waals surface area contributed by atoms with Crippen LogP contribution in [0.1, 0.15) is 24.3 Å². The van der Waals surface area contributed by atoms with Gasteiger partial charge in [-0.1, -0.05) is 0 Å². The molecule has 1 aromatic carbocycles. The fourth-order valence-corrected chi connectivity index (χ4v) is 3.51. The number of aromatic nitrogens is 2. The van der Waals surface area contributed by atoms with Gasteiger partial charge < -0.3 is 19.5 Å². The third-order valence-corrected chi connectivity index (χ3v) is 4.80. The molecule has 3 aromatic rings. The Kier molecular flexibility index (Phi) is 6.44. The molecular weight excluding hydrogens is 366 g/mol. The third kappa shape index (κ3) is 4.47. The van der Waals surface area contributed by atoms with Gasteiger partial charge in [-0.25, -0.2) is 4.98 Å². The molecule has 0 aliphatic carbocycles. The monoisotopic (exact) mass is 389 g/mol. The summed E-state index contributed by atoms with van der Waals surface area (Å²) in [6.07, 6.45) is 1.42. The Morgan fingerprint density at radius 3 is 2.56 bits per heavy atom. The van der Waals surface area contributed by atoms with E-state index in [1.54, 1.807) is 16.9 Å². The molecule has 144 valence electrons. The summed E-state index contributed by atoms with van der Waals surface area (Å²) < 4.78 is 17.9. The number of hydrogen-bond donors (Lipinski definition) is 1. The van der Waals surface area contributed by atoms with E-state index in [-0.39, 0.29) is 12.5 Å². The zero-order valence-corrected chi connectivity index (χ0v) is 16.4. The van der Waals surface area contributed by atoms with Gasteiger partial charge >= 0.3 is 0 Å². The summed E-state index contributed by atoms with van der Waals surface area (Å²) in [6, 6.07) is 7.66. The van der Waals surface area contributed by atoms with Crippen LogP contribution in [0.4, 0.5) is 0 Å². The van der Waals surface area contributed by atoms with Crippen molar-refractivity contribution in [2.45, 2.75) is 20.1 Å². The number of imidazole rings is 1. The Hall–Kier alpha value is -2.42. The van der Waals surface area contributed by atoms with Gasteiger partial charge in [0.1, 0.15) is 11.4 Å². The number of carbonyl (C=O) groups is 1. The number of benzene rings is 1. The molecule has 0 saturated heterocycles. The number of rotatable bonds is 9. The van der Waals surface area contributed by atoms with Crippen LogP contribution in [0.25, 0.3) is 16.2 Å². The first-order valence-electron chi connectivity index (χ1n) is 8.78. The molecule has 0 radical (unpaired) electrons. The molecule has 3 rings (SSSR count). The summed E-state index contributed by atoms with van der Waals surface area (Å²) in [5.41, 5.74) is 2.31. The molecule has 0 saturated carbocycles. The summed E-state index contributed by atoms with van der Waals surface area (Å²) in [5, 5.41) is 4.66. The maximum absolute atomic E-state index is 12.6. The van der Waals surface area contributed by atoms with Crippen LogP contribution in [-0.2, 0) is 9.47 Å². The molecular formula is C19H23N3O4S. The SMILES string of the molecule is CCOC(CNC(=O)c1csc2nc(-c3ccc(OC)cc3)cn12)OCC. The van der Waals surface area contributed by atoms with E-state index in [0.29, 0.717) is 18.9 Å². The van der Waals surface area contributed by atoms with E-state index in [4.69, 9.17) is 14.2 Å². The van der Waals surface area contributed by atoms with E-state index >= 15 is 0 Å². The van der Waals surface area contributed by atoms with Crippen molar-refractivity contribution in [3.05, 3.63) is 41.5 Å². The maximum Gasteiger partial charge on any atom is 0.269 e. The molecule has 0 aliphatic rings. The summed E-state index contributed by atoms with van der Waals surface area (Å²) in [7, 11) is 1.63. The lowest BCUT2D eigenvalue weighted by Gasteiger charge is -2.17. The van der Waals surface area contributed by atoms with Gasteiger partial charge in [0.25, 0.3) is 5.91 Å². The van der Waals surface area contributed by atoms with Crippen LogP contribution < -0.4 is 10.1 Å². The van der Waals surface area contributed by atoms with Crippen LogP contribution in [0.5, 0.6) is 5.75 Å². The molecule has 8 heteroatoms. The molecule has 2 aromatic heterocycles. The molecule has 7 nitrogen and oxygen atoms in total. The molecule has 0 fully saturated rings. The lowest BCUT2D eigenvalue weighted by Crippen LogP contribution is -2.35. The summed E-state index contributed by atoms with van der Waals surface area (Å²) in [5.74, 6) is 0.599. The van der Waals surface area contributed by atoms with Gasteiger partial charge in [0, 0.05) is 30.4 Å². The molecule has 0 spiro atoms. The Morgan fingerprint density at radius 2 is 1.93 bits per heavy atom. The van der Waals surface area contributed by atoms with E-state index in [2.05, 4.69) is 10.3 Å². The van der Waals surface area contributed by atoms with Crippen molar-refractivity contribution in [1.29, 1.82) is 0 Å². The van der Waals surface area contributed by atoms with Crippen LogP contribution >= 0.6 is 11.3 Å². The predicted octanol–water partition coefficient (Wildman–Crippen LogP) is 3.20. The minimum Gasteiger partial charge on any atom is -0.497 e. The second kappa shape index (κ2) is 8.98. The van der Waals surface area contributed by atoms with Crippen LogP contribution in [0.15, 0.2) is 35.8 Å². The van der Waals surface area contributed by atoms with Crippen LogP contribution in [0, 0.1) is 0 Å². The average Bonchev–Trinajstić information content (AvgIpc) is 3.27. The number of carbonyl (C=O) groups excluding carboxylic acids is 1. The van der Waals surface area contributed by atoms with Gasteiger partial charge in [-0.2, -0.15) is 0 Å². The number of fused-ring (bicyclic) bond motifs is 1. The predicted molar refractivity (Wildman–Crippen MR) is 104 cm³/mol. The van der Waals surface area contributed by atoms with Gasteiger partial charge in [0.05, 0.1) is 19.3 Å².